The first kappa shape index (κ1) is 10.9. The van der Waals surface area contributed by atoms with Crippen LogP contribution in [0.3, 0.4) is 0 Å². The Balaban J connectivity index is 3.45. The van der Waals surface area contributed by atoms with Crippen molar-refractivity contribution in [3.05, 3.63) is 32.2 Å². The van der Waals surface area contributed by atoms with Crippen molar-refractivity contribution in [3.63, 3.8) is 0 Å². The van der Waals surface area contributed by atoms with E-state index < -0.39 is 28.5 Å². The fraction of sp³-hybridized carbons (Fsp3) is 0.167. The third kappa shape index (κ3) is 1.84. The molecule has 1 aromatic heterocycles. The number of hydrogen-bond acceptors (Lipinski definition) is 3. The Hall–Kier alpha value is -1.18. The molecule has 0 bridgehead atoms. The monoisotopic (exact) mass is 270 g/mol. The third-order valence-corrected chi connectivity index (χ3v) is 1.93. The van der Waals surface area contributed by atoms with E-state index in [9.17, 15) is 23.3 Å². The van der Waals surface area contributed by atoms with Crippen LogP contribution in [0.4, 0.5) is 19.0 Å². The summed E-state index contributed by atoms with van der Waals surface area (Å²) in [6, 6.07) is 0. The van der Waals surface area contributed by atoms with Crippen LogP contribution >= 0.6 is 15.9 Å². The number of aromatic nitrogens is 1. The second kappa shape index (κ2) is 3.91. The Bertz CT molecular complexity index is 386. The summed E-state index contributed by atoms with van der Waals surface area (Å²) in [5.41, 5.74) is -1.30. The standard InChI is InChI=1S/C6H2BrF3N2O2/c7-2-1-11-6(12(13)14)3(4(2)8)5(9)10/h1,5H. The van der Waals surface area contributed by atoms with E-state index in [0.717, 1.165) is 6.20 Å². The largest absolute Gasteiger partial charge is 0.375 e. The van der Waals surface area contributed by atoms with E-state index in [1.54, 1.807) is 0 Å². The number of nitrogens with zero attached hydrogens (tertiary/aromatic N) is 2. The quantitative estimate of drug-likeness (QED) is 0.613. The first-order valence-corrected chi connectivity index (χ1v) is 4.01. The van der Waals surface area contributed by atoms with Crippen molar-refractivity contribution >= 4 is 21.7 Å². The summed E-state index contributed by atoms with van der Waals surface area (Å²) in [4.78, 5) is 12.2. The molecule has 14 heavy (non-hydrogen) atoms. The molecule has 76 valence electrons. The Morgan fingerprint density at radius 2 is 2.14 bits per heavy atom. The Morgan fingerprint density at radius 3 is 2.57 bits per heavy atom. The van der Waals surface area contributed by atoms with Gasteiger partial charge in [0.1, 0.15) is 0 Å². The molecule has 0 aromatic carbocycles. The van der Waals surface area contributed by atoms with E-state index in [0.29, 0.717) is 0 Å². The lowest BCUT2D eigenvalue weighted by Gasteiger charge is -2.02. The van der Waals surface area contributed by atoms with E-state index in [-0.39, 0.29) is 4.47 Å². The molecular formula is C6H2BrF3N2O2. The molecule has 0 amide bonds. The second-order valence-corrected chi connectivity index (χ2v) is 3.07. The summed E-state index contributed by atoms with van der Waals surface area (Å²) in [7, 11) is 0. The summed E-state index contributed by atoms with van der Waals surface area (Å²) >= 11 is 2.60. The molecule has 0 saturated carbocycles. The zero-order chi connectivity index (χ0) is 10.9. The van der Waals surface area contributed by atoms with Gasteiger partial charge < -0.3 is 10.1 Å². The van der Waals surface area contributed by atoms with E-state index in [4.69, 9.17) is 0 Å². The van der Waals surface area contributed by atoms with Crippen molar-refractivity contribution in [1.29, 1.82) is 0 Å². The maximum atomic E-state index is 13.0. The first-order valence-electron chi connectivity index (χ1n) is 3.21. The van der Waals surface area contributed by atoms with Gasteiger partial charge in [-0.3, -0.25) is 0 Å². The minimum atomic E-state index is -3.28. The van der Waals surface area contributed by atoms with Crippen LogP contribution < -0.4 is 0 Å². The van der Waals surface area contributed by atoms with Gasteiger partial charge in [-0.05, 0) is 25.8 Å². The minimum absolute atomic E-state index is 0.335. The molecule has 0 fully saturated rings. The highest BCUT2D eigenvalue weighted by Crippen LogP contribution is 2.32. The molecule has 1 heterocycles. The molecule has 8 heteroatoms. The van der Waals surface area contributed by atoms with Gasteiger partial charge in [-0.2, -0.15) is 0 Å². The van der Waals surface area contributed by atoms with E-state index >= 15 is 0 Å². The molecule has 0 saturated heterocycles. The second-order valence-electron chi connectivity index (χ2n) is 2.22. The molecule has 0 unspecified atom stereocenters. The molecule has 0 aliphatic heterocycles. The highest BCUT2D eigenvalue weighted by molar-refractivity contribution is 9.10. The van der Waals surface area contributed by atoms with Gasteiger partial charge in [-0.25, -0.2) is 13.2 Å². The predicted octanol–water partition coefficient (Wildman–Crippen LogP) is 2.83. The van der Waals surface area contributed by atoms with Crippen molar-refractivity contribution in [2.24, 2.45) is 0 Å². The number of rotatable bonds is 2. The molecule has 1 rings (SSSR count). The summed E-state index contributed by atoms with van der Waals surface area (Å²) in [5.74, 6) is -2.53. The van der Waals surface area contributed by atoms with Crippen LogP contribution in [-0.4, -0.2) is 9.91 Å². The summed E-state index contributed by atoms with van der Waals surface area (Å²) in [6.45, 7) is 0. The minimum Gasteiger partial charge on any atom is -0.358 e. The fourth-order valence-corrected chi connectivity index (χ4v) is 1.13. The molecule has 0 spiro atoms. The van der Waals surface area contributed by atoms with Crippen LogP contribution in [0.5, 0.6) is 0 Å². The molecule has 0 aliphatic carbocycles. The molecule has 0 aliphatic rings. The van der Waals surface area contributed by atoms with Gasteiger partial charge in [0.15, 0.2) is 17.6 Å². The van der Waals surface area contributed by atoms with Crippen LogP contribution in [0.15, 0.2) is 10.7 Å². The van der Waals surface area contributed by atoms with Gasteiger partial charge in [-0.15, -0.1) is 0 Å². The van der Waals surface area contributed by atoms with Crippen molar-refractivity contribution in [2.75, 3.05) is 0 Å². The van der Waals surface area contributed by atoms with E-state index in [1.165, 1.54) is 0 Å². The maximum Gasteiger partial charge on any atom is 0.375 e. The average Bonchev–Trinajstić information content (AvgIpc) is 2.08. The van der Waals surface area contributed by atoms with E-state index in [1.807, 2.05) is 0 Å². The van der Waals surface area contributed by atoms with Crippen LogP contribution in [0.2, 0.25) is 0 Å². The van der Waals surface area contributed by atoms with Crippen LogP contribution in [0.25, 0.3) is 0 Å². The topological polar surface area (TPSA) is 56.0 Å². The maximum absolute atomic E-state index is 13.0. The Morgan fingerprint density at radius 1 is 1.57 bits per heavy atom. The Kier molecular flexibility index (Phi) is 3.04. The SMILES string of the molecule is O=[N+]([O-])c1ncc(Br)c(F)c1C(F)F. The van der Waals surface area contributed by atoms with Gasteiger partial charge in [0, 0.05) is 0 Å². The lowest BCUT2D eigenvalue weighted by Crippen LogP contribution is -2.02. The molecule has 4 nitrogen and oxygen atoms in total. The molecular weight excluding hydrogens is 269 g/mol. The molecule has 0 atom stereocenters. The number of alkyl halides is 2. The zero-order valence-corrected chi connectivity index (χ0v) is 7.96. The predicted molar refractivity (Wildman–Crippen MR) is 43.5 cm³/mol. The van der Waals surface area contributed by atoms with Crippen molar-refractivity contribution in [2.45, 2.75) is 6.43 Å². The van der Waals surface area contributed by atoms with Crippen molar-refractivity contribution in [1.82, 2.24) is 4.98 Å². The van der Waals surface area contributed by atoms with Gasteiger partial charge in [0.25, 0.3) is 6.43 Å². The normalized spacial score (nSPS) is 10.6. The lowest BCUT2D eigenvalue weighted by molar-refractivity contribution is -0.391. The van der Waals surface area contributed by atoms with Crippen LogP contribution in [0.1, 0.15) is 12.0 Å². The lowest BCUT2D eigenvalue weighted by atomic mass is 10.2. The summed E-state index contributed by atoms with van der Waals surface area (Å²) in [5, 5.41) is 10.2. The van der Waals surface area contributed by atoms with Gasteiger partial charge in [0.2, 0.25) is 0 Å². The van der Waals surface area contributed by atoms with Crippen molar-refractivity contribution < 1.29 is 18.1 Å². The number of pyridine rings is 1. The summed E-state index contributed by atoms with van der Waals surface area (Å²) < 4.78 is 37.1. The fourth-order valence-electron chi connectivity index (χ4n) is 0.810. The number of nitro groups is 1. The highest BCUT2D eigenvalue weighted by atomic mass is 79.9. The third-order valence-electron chi connectivity index (χ3n) is 1.38. The average molecular weight is 271 g/mol. The van der Waals surface area contributed by atoms with Gasteiger partial charge >= 0.3 is 5.82 Å². The number of hydrogen-bond donors (Lipinski definition) is 0. The zero-order valence-electron chi connectivity index (χ0n) is 6.38. The highest BCUT2D eigenvalue weighted by Gasteiger charge is 2.29. The van der Waals surface area contributed by atoms with Gasteiger partial charge in [0.05, 0.1) is 4.47 Å². The first-order chi connectivity index (χ1) is 6.45. The van der Waals surface area contributed by atoms with Gasteiger partial charge in [-0.1, -0.05) is 0 Å². The molecule has 1 aromatic rings. The Labute approximate surface area is 84.0 Å². The number of halogens is 4. The molecule has 0 N–H and O–H groups in total. The van der Waals surface area contributed by atoms with Crippen molar-refractivity contribution in [3.8, 4) is 0 Å². The smallest absolute Gasteiger partial charge is 0.358 e. The summed E-state index contributed by atoms with van der Waals surface area (Å²) in [6.07, 6.45) is -2.51. The van der Waals surface area contributed by atoms with Crippen LogP contribution in [0, 0.1) is 15.9 Å². The molecule has 0 radical (unpaired) electrons. The van der Waals surface area contributed by atoms with Crippen LogP contribution in [-0.2, 0) is 0 Å². The van der Waals surface area contributed by atoms with E-state index in [2.05, 4.69) is 20.9 Å².